The Morgan fingerprint density at radius 1 is 1.28 bits per heavy atom. The van der Waals surface area contributed by atoms with Gasteiger partial charge in [-0.25, -0.2) is 4.98 Å². The third kappa shape index (κ3) is 3.50. The van der Waals surface area contributed by atoms with Crippen molar-refractivity contribution in [2.75, 3.05) is 5.73 Å². The van der Waals surface area contributed by atoms with Crippen molar-refractivity contribution in [2.24, 2.45) is 0 Å². The van der Waals surface area contributed by atoms with E-state index in [-0.39, 0.29) is 11.9 Å². The number of fused-ring (bicyclic) bond motifs is 3. The highest BCUT2D eigenvalue weighted by Gasteiger charge is 2.23. The first-order valence-electron chi connectivity index (χ1n) is 9.42. The average Bonchev–Trinajstić information content (AvgIpc) is 3.22. The van der Waals surface area contributed by atoms with Gasteiger partial charge in [-0.15, -0.1) is 0 Å². The zero-order chi connectivity index (χ0) is 20.5. The van der Waals surface area contributed by atoms with Crippen molar-refractivity contribution in [2.45, 2.75) is 39.6 Å². The summed E-state index contributed by atoms with van der Waals surface area (Å²) in [5, 5.41) is 9.83. The Hall–Kier alpha value is -3.50. The summed E-state index contributed by atoms with van der Waals surface area (Å²) in [6.07, 6.45) is 1.52. The molecule has 146 valence electrons. The van der Waals surface area contributed by atoms with Crippen LogP contribution in [-0.2, 0) is 24.5 Å². The summed E-state index contributed by atoms with van der Waals surface area (Å²) < 4.78 is 5.54. The van der Waals surface area contributed by atoms with Crippen LogP contribution >= 0.6 is 0 Å². The number of nitriles is 1. The Kier molecular flexibility index (Phi) is 4.87. The van der Waals surface area contributed by atoms with Crippen LogP contribution in [0, 0.1) is 11.3 Å². The average molecular weight is 387 g/mol. The highest BCUT2D eigenvalue weighted by molar-refractivity contribution is 5.99. The fourth-order valence-electron chi connectivity index (χ4n) is 3.52. The molecule has 0 unspecified atom stereocenters. The molecule has 0 bridgehead atoms. The molecular weight excluding hydrogens is 366 g/mol. The number of aromatic nitrogens is 2. The monoisotopic (exact) mass is 387 g/mol. The predicted molar refractivity (Wildman–Crippen MR) is 109 cm³/mol. The highest BCUT2D eigenvalue weighted by Crippen LogP contribution is 2.32. The smallest absolute Gasteiger partial charge is 0.254 e. The quantitative estimate of drug-likeness (QED) is 0.737. The van der Waals surface area contributed by atoms with E-state index in [0.717, 1.165) is 27.7 Å². The number of benzene rings is 1. The van der Waals surface area contributed by atoms with Crippen molar-refractivity contribution in [3.05, 3.63) is 64.5 Å². The molecule has 1 aromatic carbocycles. The van der Waals surface area contributed by atoms with E-state index in [1.54, 1.807) is 23.1 Å². The molecule has 7 heteroatoms. The lowest BCUT2D eigenvalue weighted by atomic mass is 10.0. The van der Waals surface area contributed by atoms with Gasteiger partial charge in [0.15, 0.2) is 0 Å². The van der Waals surface area contributed by atoms with Gasteiger partial charge in [0, 0.05) is 28.8 Å². The molecule has 3 heterocycles. The number of amides is 1. The normalized spacial score (nSPS) is 12.8. The standard InChI is InChI=1S/C22H21N5O2/c1-13(2)27(10-16-5-3-14(8-23)9-25-16)22(28)15-4-6-20-17(7-15)18-11-29-12-19(18)21(24)26-20/h3-7,9,13H,10-12H2,1-2H3,(H2,24,26). The van der Waals surface area contributed by atoms with Crippen molar-refractivity contribution in [3.8, 4) is 6.07 Å². The minimum absolute atomic E-state index is 0.0192. The minimum atomic E-state index is -0.0856. The Balaban J connectivity index is 1.68. The van der Waals surface area contributed by atoms with Gasteiger partial charge in [-0.05, 0) is 49.7 Å². The van der Waals surface area contributed by atoms with Gasteiger partial charge < -0.3 is 15.4 Å². The van der Waals surface area contributed by atoms with Crippen LogP contribution in [-0.4, -0.2) is 26.8 Å². The first-order valence-corrected chi connectivity index (χ1v) is 9.42. The molecule has 2 N–H and O–H groups in total. The molecule has 0 aliphatic carbocycles. The second-order valence-electron chi connectivity index (χ2n) is 7.36. The summed E-state index contributed by atoms with van der Waals surface area (Å²) >= 11 is 0. The molecule has 0 radical (unpaired) electrons. The number of carbonyl (C=O) groups is 1. The number of nitrogens with zero attached hydrogens (tertiary/aromatic N) is 4. The van der Waals surface area contributed by atoms with Gasteiger partial charge in [0.25, 0.3) is 5.91 Å². The lowest BCUT2D eigenvalue weighted by Crippen LogP contribution is -2.36. The van der Waals surface area contributed by atoms with Crippen LogP contribution in [0.2, 0.25) is 0 Å². The molecule has 0 spiro atoms. The second-order valence-corrected chi connectivity index (χ2v) is 7.36. The third-order valence-electron chi connectivity index (χ3n) is 5.15. The summed E-state index contributed by atoms with van der Waals surface area (Å²) in [6, 6.07) is 11.0. The number of rotatable bonds is 4. The van der Waals surface area contributed by atoms with Crippen LogP contribution in [0.1, 0.15) is 46.6 Å². The predicted octanol–water partition coefficient (Wildman–Crippen LogP) is 3.16. The summed E-state index contributed by atoms with van der Waals surface area (Å²) in [7, 11) is 0. The van der Waals surface area contributed by atoms with Crippen LogP contribution in [0.4, 0.5) is 5.82 Å². The van der Waals surface area contributed by atoms with Crippen molar-refractivity contribution < 1.29 is 9.53 Å². The maximum atomic E-state index is 13.3. The molecule has 4 rings (SSSR count). The van der Waals surface area contributed by atoms with Crippen LogP contribution in [0.5, 0.6) is 0 Å². The van der Waals surface area contributed by atoms with Gasteiger partial charge >= 0.3 is 0 Å². The zero-order valence-corrected chi connectivity index (χ0v) is 16.3. The lowest BCUT2D eigenvalue weighted by molar-refractivity contribution is 0.0688. The van der Waals surface area contributed by atoms with E-state index in [0.29, 0.717) is 36.7 Å². The fourth-order valence-corrected chi connectivity index (χ4v) is 3.52. The number of nitrogen functional groups attached to an aromatic ring is 1. The summed E-state index contributed by atoms with van der Waals surface area (Å²) in [5.74, 6) is 0.400. The third-order valence-corrected chi connectivity index (χ3v) is 5.15. The molecular formula is C22H21N5O2. The zero-order valence-electron chi connectivity index (χ0n) is 16.3. The largest absolute Gasteiger partial charge is 0.383 e. The number of hydrogen-bond acceptors (Lipinski definition) is 6. The maximum absolute atomic E-state index is 13.3. The van der Waals surface area contributed by atoms with Gasteiger partial charge in [-0.1, -0.05) is 0 Å². The van der Waals surface area contributed by atoms with E-state index in [2.05, 4.69) is 16.0 Å². The van der Waals surface area contributed by atoms with Crippen molar-refractivity contribution in [1.29, 1.82) is 5.26 Å². The van der Waals surface area contributed by atoms with Gasteiger partial charge in [-0.3, -0.25) is 9.78 Å². The van der Waals surface area contributed by atoms with Crippen LogP contribution in [0.15, 0.2) is 36.5 Å². The number of hydrogen-bond donors (Lipinski definition) is 1. The van der Waals surface area contributed by atoms with E-state index >= 15 is 0 Å². The number of nitrogens with two attached hydrogens (primary N) is 1. The molecule has 0 atom stereocenters. The molecule has 0 saturated heterocycles. The molecule has 1 amide bonds. The van der Waals surface area contributed by atoms with E-state index in [1.165, 1.54) is 6.20 Å². The molecule has 1 aliphatic heterocycles. The van der Waals surface area contributed by atoms with Crippen molar-refractivity contribution >= 4 is 22.6 Å². The second kappa shape index (κ2) is 7.49. The summed E-state index contributed by atoms with van der Waals surface area (Å²) in [6.45, 7) is 5.22. The van der Waals surface area contributed by atoms with Crippen molar-refractivity contribution in [1.82, 2.24) is 14.9 Å². The maximum Gasteiger partial charge on any atom is 0.254 e. The molecule has 1 aliphatic rings. The Morgan fingerprint density at radius 3 is 2.76 bits per heavy atom. The van der Waals surface area contributed by atoms with Gasteiger partial charge in [-0.2, -0.15) is 5.26 Å². The molecule has 2 aromatic heterocycles. The van der Waals surface area contributed by atoms with E-state index < -0.39 is 0 Å². The lowest BCUT2D eigenvalue weighted by Gasteiger charge is -2.26. The van der Waals surface area contributed by atoms with Crippen LogP contribution in [0.3, 0.4) is 0 Å². The fraction of sp³-hybridized carbons (Fsp3) is 0.273. The van der Waals surface area contributed by atoms with E-state index in [9.17, 15) is 4.79 Å². The number of anilines is 1. The van der Waals surface area contributed by atoms with Crippen LogP contribution < -0.4 is 5.73 Å². The molecule has 0 saturated carbocycles. The molecule has 7 nitrogen and oxygen atoms in total. The van der Waals surface area contributed by atoms with Gasteiger partial charge in [0.2, 0.25) is 0 Å². The minimum Gasteiger partial charge on any atom is -0.383 e. The topological polar surface area (TPSA) is 105 Å². The Labute approximate surface area is 168 Å². The van der Waals surface area contributed by atoms with Gasteiger partial charge in [0.1, 0.15) is 11.9 Å². The van der Waals surface area contributed by atoms with E-state index in [1.807, 2.05) is 26.0 Å². The molecule has 3 aromatic rings. The first-order chi connectivity index (χ1) is 14.0. The number of pyridine rings is 2. The van der Waals surface area contributed by atoms with Crippen LogP contribution in [0.25, 0.3) is 10.9 Å². The van der Waals surface area contributed by atoms with E-state index in [4.69, 9.17) is 15.7 Å². The first kappa shape index (κ1) is 18.8. The Bertz CT molecular complexity index is 1130. The highest BCUT2D eigenvalue weighted by atomic mass is 16.5. The molecule has 0 fully saturated rings. The summed E-state index contributed by atoms with van der Waals surface area (Å²) in [4.78, 5) is 23.8. The number of carbonyl (C=O) groups excluding carboxylic acids is 1. The molecule has 29 heavy (non-hydrogen) atoms. The van der Waals surface area contributed by atoms with Crippen molar-refractivity contribution in [3.63, 3.8) is 0 Å². The SMILES string of the molecule is CC(C)N(Cc1ccc(C#N)cn1)C(=O)c1ccc2nc(N)c3c(c2c1)COC3. The Morgan fingerprint density at radius 2 is 2.07 bits per heavy atom. The summed E-state index contributed by atoms with van der Waals surface area (Å²) in [5.41, 5.74) is 10.5. The number of ether oxygens (including phenoxy) is 1. The van der Waals surface area contributed by atoms with Gasteiger partial charge in [0.05, 0.1) is 36.5 Å².